The van der Waals surface area contributed by atoms with Gasteiger partial charge in [-0.3, -0.25) is 0 Å². The number of nitrogens with one attached hydrogen (secondary N) is 1. The molecule has 0 aliphatic carbocycles. The Kier molecular flexibility index (Phi) is 5.20. The molecule has 0 atom stereocenters. The normalized spacial score (nSPS) is 17.5. The van der Waals surface area contributed by atoms with Crippen LogP contribution in [-0.4, -0.2) is 48.2 Å². The van der Waals surface area contributed by atoms with E-state index in [0.29, 0.717) is 5.92 Å². The Morgan fingerprint density at radius 3 is 2.83 bits per heavy atom. The van der Waals surface area contributed by atoms with Crippen molar-refractivity contribution in [3.05, 3.63) is 18.2 Å². The fourth-order valence-corrected chi connectivity index (χ4v) is 2.69. The molecule has 0 amide bonds. The highest BCUT2D eigenvalue weighted by Crippen LogP contribution is 2.24. The number of piperidine rings is 1. The first kappa shape index (κ1) is 13.6. The maximum Gasteiger partial charge on any atom is 0.0948 e. The highest BCUT2D eigenvalue weighted by molar-refractivity contribution is 5.07. The predicted octanol–water partition coefficient (Wildman–Crippen LogP) is 1.69. The average Bonchev–Trinajstić information content (AvgIpc) is 2.84. The maximum absolute atomic E-state index is 4.34. The molecule has 0 saturated carbocycles. The molecule has 0 unspecified atom stereocenters. The van der Waals surface area contributed by atoms with Gasteiger partial charge in [-0.2, -0.15) is 0 Å². The molecule has 0 radical (unpaired) electrons. The van der Waals surface area contributed by atoms with Crippen LogP contribution in [0.1, 0.15) is 37.3 Å². The zero-order chi connectivity index (χ0) is 12.8. The number of aryl methyl sites for hydroxylation is 1. The monoisotopic (exact) mass is 250 g/mol. The Bertz CT molecular complexity index is 339. The van der Waals surface area contributed by atoms with Gasteiger partial charge in [0.1, 0.15) is 0 Å². The topological polar surface area (TPSA) is 33.1 Å². The molecule has 1 N–H and O–H groups in total. The van der Waals surface area contributed by atoms with E-state index in [1.165, 1.54) is 37.9 Å². The molecule has 102 valence electrons. The highest BCUT2D eigenvalue weighted by Gasteiger charge is 2.18. The first-order valence-electron chi connectivity index (χ1n) is 7.13. The van der Waals surface area contributed by atoms with E-state index in [9.17, 15) is 0 Å². The van der Waals surface area contributed by atoms with Crippen molar-refractivity contribution >= 4 is 0 Å². The Balaban J connectivity index is 1.83. The summed E-state index contributed by atoms with van der Waals surface area (Å²) in [6.45, 7) is 4.59. The SMILES string of the molecule is CN(C)CCCCn1cncc1C1CCNCC1. The van der Waals surface area contributed by atoms with Gasteiger partial charge in [0.05, 0.1) is 6.33 Å². The molecule has 4 heteroatoms. The number of unbranched alkanes of at least 4 members (excludes halogenated alkanes) is 1. The zero-order valence-electron chi connectivity index (χ0n) is 11.7. The molecule has 1 aromatic heterocycles. The van der Waals surface area contributed by atoms with Crippen LogP contribution in [0, 0.1) is 0 Å². The molecule has 0 aromatic carbocycles. The first-order valence-corrected chi connectivity index (χ1v) is 7.13. The van der Waals surface area contributed by atoms with E-state index in [1.54, 1.807) is 0 Å². The molecule has 1 saturated heterocycles. The Morgan fingerprint density at radius 2 is 2.11 bits per heavy atom. The third kappa shape index (κ3) is 3.82. The number of imidazole rings is 1. The van der Waals surface area contributed by atoms with Crippen molar-refractivity contribution in [2.24, 2.45) is 0 Å². The number of hydrogen-bond donors (Lipinski definition) is 1. The molecule has 0 spiro atoms. The fourth-order valence-electron chi connectivity index (χ4n) is 2.69. The number of aromatic nitrogens is 2. The van der Waals surface area contributed by atoms with Gasteiger partial charge in [-0.15, -0.1) is 0 Å². The molecule has 1 aromatic rings. The number of nitrogens with zero attached hydrogens (tertiary/aromatic N) is 3. The summed E-state index contributed by atoms with van der Waals surface area (Å²) in [6, 6.07) is 0. The Labute approximate surface area is 110 Å². The first-order chi connectivity index (χ1) is 8.77. The second kappa shape index (κ2) is 6.90. The van der Waals surface area contributed by atoms with Crippen LogP contribution in [0.15, 0.2) is 12.5 Å². The van der Waals surface area contributed by atoms with Crippen LogP contribution < -0.4 is 5.32 Å². The van der Waals surface area contributed by atoms with Gasteiger partial charge in [0, 0.05) is 24.4 Å². The molecule has 2 heterocycles. The lowest BCUT2D eigenvalue weighted by Gasteiger charge is -2.23. The second-order valence-electron chi connectivity index (χ2n) is 5.55. The van der Waals surface area contributed by atoms with Crippen molar-refractivity contribution in [3.63, 3.8) is 0 Å². The largest absolute Gasteiger partial charge is 0.334 e. The fraction of sp³-hybridized carbons (Fsp3) is 0.786. The summed E-state index contributed by atoms with van der Waals surface area (Å²) in [5.41, 5.74) is 1.45. The molecule has 2 rings (SSSR count). The molecule has 4 nitrogen and oxygen atoms in total. The van der Waals surface area contributed by atoms with Gasteiger partial charge in [-0.05, 0) is 59.4 Å². The van der Waals surface area contributed by atoms with Crippen molar-refractivity contribution in [2.75, 3.05) is 33.7 Å². The smallest absolute Gasteiger partial charge is 0.0948 e. The van der Waals surface area contributed by atoms with Crippen LogP contribution in [0.25, 0.3) is 0 Å². The van der Waals surface area contributed by atoms with Crippen LogP contribution in [0.4, 0.5) is 0 Å². The minimum absolute atomic E-state index is 0.711. The van der Waals surface area contributed by atoms with Crippen molar-refractivity contribution < 1.29 is 0 Å². The van der Waals surface area contributed by atoms with E-state index < -0.39 is 0 Å². The molecule has 1 fully saturated rings. The Morgan fingerprint density at radius 1 is 1.33 bits per heavy atom. The third-order valence-electron chi connectivity index (χ3n) is 3.76. The predicted molar refractivity (Wildman–Crippen MR) is 74.9 cm³/mol. The summed E-state index contributed by atoms with van der Waals surface area (Å²) >= 11 is 0. The van der Waals surface area contributed by atoms with Crippen molar-refractivity contribution in [1.29, 1.82) is 0 Å². The molecule has 0 bridgehead atoms. The number of hydrogen-bond acceptors (Lipinski definition) is 3. The molecule has 1 aliphatic rings. The van der Waals surface area contributed by atoms with Gasteiger partial charge in [-0.1, -0.05) is 0 Å². The van der Waals surface area contributed by atoms with Crippen molar-refractivity contribution in [1.82, 2.24) is 19.8 Å². The van der Waals surface area contributed by atoms with Gasteiger partial charge in [0.25, 0.3) is 0 Å². The van der Waals surface area contributed by atoms with E-state index >= 15 is 0 Å². The van der Waals surface area contributed by atoms with Crippen LogP contribution in [0.3, 0.4) is 0 Å². The van der Waals surface area contributed by atoms with Gasteiger partial charge in [0.15, 0.2) is 0 Å². The number of rotatable bonds is 6. The van der Waals surface area contributed by atoms with Crippen LogP contribution in [0.5, 0.6) is 0 Å². The minimum Gasteiger partial charge on any atom is -0.334 e. The average molecular weight is 250 g/mol. The summed E-state index contributed by atoms with van der Waals surface area (Å²) in [7, 11) is 4.27. The summed E-state index contributed by atoms with van der Waals surface area (Å²) in [6.07, 6.45) is 9.09. The van der Waals surface area contributed by atoms with Gasteiger partial charge in [-0.25, -0.2) is 4.98 Å². The minimum atomic E-state index is 0.711. The van der Waals surface area contributed by atoms with Crippen LogP contribution in [0.2, 0.25) is 0 Å². The molecule has 1 aliphatic heterocycles. The molecular formula is C14H26N4. The quantitative estimate of drug-likeness (QED) is 0.780. The summed E-state index contributed by atoms with van der Waals surface area (Å²) in [5, 5.41) is 3.43. The maximum atomic E-state index is 4.34. The van der Waals surface area contributed by atoms with Crippen molar-refractivity contribution in [3.8, 4) is 0 Å². The molecular weight excluding hydrogens is 224 g/mol. The highest BCUT2D eigenvalue weighted by atomic mass is 15.1. The van der Waals surface area contributed by atoms with E-state index in [0.717, 1.165) is 19.6 Å². The van der Waals surface area contributed by atoms with E-state index in [1.807, 2.05) is 6.33 Å². The summed E-state index contributed by atoms with van der Waals surface area (Å²) in [5.74, 6) is 0.711. The van der Waals surface area contributed by atoms with Gasteiger partial charge < -0.3 is 14.8 Å². The lowest BCUT2D eigenvalue weighted by Crippen LogP contribution is -2.27. The lowest BCUT2D eigenvalue weighted by molar-refractivity contribution is 0.383. The van der Waals surface area contributed by atoms with E-state index in [-0.39, 0.29) is 0 Å². The third-order valence-corrected chi connectivity index (χ3v) is 3.76. The summed E-state index contributed by atoms with van der Waals surface area (Å²) < 4.78 is 2.37. The van der Waals surface area contributed by atoms with Crippen LogP contribution >= 0.6 is 0 Å². The van der Waals surface area contributed by atoms with E-state index in [4.69, 9.17) is 0 Å². The van der Waals surface area contributed by atoms with Gasteiger partial charge in [0.2, 0.25) is 0 Å². The van der Waals surface area contributed by atoms with E-state index in [2.05, 4.69) is 40.1 Å². The van der Waals surface area contributed by atoms with Crippen LogP contribution in [-0.2, 0) is 6.54 Å². The molecule has 18 heavy (non-hydrogen) atoms. The lowest BCUT2D eigenvalue weighted by atomic mass is 9.95. The van der Waals surface area contributed by atoms with Crippen molar-refractivity contribution in [2.45, 2.75) is 38.1 Å². The summed E-state index contributed by atoms with van der Waals surface area (Å²) in [4.78, 5) is 6.59. The second-order valence-corrected chi connectivity index (χ2v) is 5.55. The Hall–Kier alpha value is -0.870. The zero-order valence-corrected chi connectivity index (χ0v) is 11.7. The van der Waals surface area contributed by atoms with Gasteiger partial charge >= 0.3 is 0 Å². The standard InChI is InChI=1S/C14H26N4/c1-17(2)9-3-4-10-18-12-16-11-14(18)13-5-7-15-8-6-13/h11-13,15H,3-10H2,1-2H3.